The van der Waals surface area contributed by atoms with E-state index in [1.165, 1.54) is 6.07 Å². The molecule has 0 aliphatic heterocycles. The van der Waals surface area contributed by atoms with Gasteiger partial charge in [0.25, 0.3) is 0 Å². The number of benzene rings is 1. The zero-order valence-electron chi connectivity index (χ0n) is 8.73. The number of sulfonamides is 1. The molecular weight excluding hydrogens is 271 g/mol. The van der Waals surface area contributed by atoms with Crippen LogP contribution < -0.4 is 10.5 Å². The Labute approximate surface area is 107 Å². The molecule has 0 unspecified atom stereocenters. The Morgan fingerprint density at radius 1 is 1.44 bits per heavy atom. The van der Waals surface area contributed by atoms with E-state index in [4.69, 9.17) is 17.3 Å². The monoisotopic (exact) mass is 284 g/mol. The van der Waals surface area contributed by atoms with Crippen LogP contribution in [-0.2, 0) is 10.0 Å². The van der Waals surface area contributed by atoms with Crippen LogP contribution in [-0.4, -0.2) is 21.5 Å². The van der Waals surface area contributed by atoms with E-state index in [1.807, 2.05) is 0 Å². The van der Waals surface area contributed by atoms with Gasteiger partial charge in [-0.05, 0) is 30.7 Å². The minimum Gasteiger partial charge on any atom is -0.329 e. The lowest BCUT2D eigenvalue weighted by molar-refractivity contribution is 0.581. The van der Waals surface area contributed by atoms with Crippen LogP contribution in [0.15, 0.2) is 23.1 Å². The van der Waals surface area contributed by atoms with Crippen molar-refractivity contribution in [1.29, 1.82) is 0 Å². The van der Waals surface area contributed by atoms with Crippen molar-refractivity contribution >= 4 is 34.0 Å². The van der Waals surface area contributed by atoms with Gasteiger partial charge in [-0.15, -0.1) is 12.4 Å². The minimum atomic E-state index is -3.46. The highest BCUT2D eigenvalue weighted by atomic mass is 35.5. The van der Waals surface area contributed by atoms with Crippen LogP contribution >= 0.6 is 24.0 Å². The zero-order valence-corrected chi connectivity index (χ0v) is 11.1. The molecule has 0 saturated carbocycles. The summed E-state index contributed by atoms with van der Waals surface area (Å²) in [5.41, 5.74) is 5.85. The first-order chi connectivity index (χ1) is 6.97. The van der Waals surface area contributed by atoms with Gasteiger partial charge in [0.05, 0.1) is 4.90 Å². The van der Waals surface area contributed by atoms with E-state index in [0.29, 0.717) is 10.6 Å². The summed E-state index contributed by atoms with van der Waals surface area (Å²) in [6, 6.07) is 4.64. The Hall–Kier alpha value is -0.330. The second-order valence-corrected chi connectivity index (χ2v) is 5.27. The fourth-order valence-corrected chi connectivity index (χ4v) is 2.68. The Bertz CT molecular complexity index is 449. The first kappa shape index (κ1) is 15.7. The molecule has 0 aliphatic carbocycles. The van der Waals surface area contributed by atoms with E-state index in [1.54, 1.807) is 19.1 Å². The highest BCUT2D eigenvalue weighted by molar-refractivity contribution is 7.89. The van der Waals surface area contributed by atoms with Gasteiger partial charge >= 0.3 is 0 Å². The average Bonchev–Trinajstić information content (AvgIpc) is 2.14. The van der Waals surface area contributed by atoms with E-state index < -0.39 is 10.0 Å². The maximum atomic E-state index is 11.7. The van der Waals surface area contributed by atoms with Gasteiger partial charge in [-0.2, -0.15) is 0 Å². The van der Waals surface area contributed by atoms with Gasteiger partial charge in [0.1, 0.15) is 0 Å². The molecule has 0 spiro atoms. The quantitative estimate of drug-likeness (QED) is 0.876. The van der Waals surface area contributed by atoms with Crippen molar-refractivity contribution in [1.82, 2.24) is 4.72 Å². The Balaban J connectivity index is 0.00000225. The second-order valence-electron chi connectivity index (χ2n) is 3.10. The van der Waals surface area contributed by atoms with Gasteiger partial charge in [0, 0.05) is 18.1 Å². The smallest absolute Gasteiger partial charge is 0.240 e. The van der Waals surface area contributed by atoms with Gasteiger partial charge in [0.2, 0.25) is 10.0 Å². The van der Waals surface area contributed by atoms with Crippen LogP contribution in [0.3, 0.4) is 0 Å². The number of halogens is 2. The molecule has 7 heteroatoms. The molecule has 0 atom stereocenters. The summed E-state index contributed by atoms with van der Waals surface area (Å²) in [5, 5.41) is 0.519. The predicted molar refractivity (Wildman–Crippen MR) is 67.7 cm³/mol. The number of hydrogen-bond donors (Lipinski definition) is 2. The van der Waals surface area contributed by atoms with Crippen LogP contribution in [0.4, 0.5) is 0 Å². The van der Waals surface area contributed by atoms with Crippen LogP contribution in [0.1, 0.15) is 5.56 Å². The summed E-state index contributed by atoms with van der Waals surface area (Å²) in [6.07, 6.45) is 0. The second kappa shape index (κ2) is 6.42. The lowest BCUT2D eigenvalue weighted by Gasteiger charge is -2.08. The van der Waals surface area contributed by atoms with E-state index in [-0.39, 0.29) is 30.4 Å². The van der Waals surface area contributed by atoms with Gasteiger partial charge in [0.15, 0.2) is 0 Å². The topological polar surface area (TPSA) is 72.2 Å². The zero-order chi connectivity index (χ0) is 11.5. The van der Waals surface area contributed by atoms with Crippen molar-refractivity contribution in [2.45, 2.75) is 11.8 Å². The van der Waals surface area contributed by atoms with Crippen molar-refractivity contribution in [3.8, 4) is 0 Å². The minimum absolute atomic E-state index is 0. The highest BCUT2D eigenvalue weighted by Crippen LogP contribution is 2.19. The number of nitrogens with two attached hydrogens (primary N) is 1. The summed E-state index contributed by atoms with van der Waals surface area (Å²) in [4.78, 5) is 0.236. The molecule has 1 rings (SSSR count). The number of rotatable bonds is 4. The SMILES string of the molecule is Cc1cc(Cl)ccc1S(=O)(=O)NCCN.Cl. The summed E-state index contributed by atoms with van der Waals surface area (Å²) in [7, 11) is -3.46. The lowest BCUT2D eigenvalue weighted by atomic mass is 10.2. The van der Waals surface area contributed by atoms with E-state index in [0.717, 1.165) is 0 Å². The number of nitrogens with one attached hydrogen (secondary N) is 1. The van der Waals surface area contributed by atoms with E-state index in [9.17, 15) is 8.42 Å². The van der Waals surface area contributed by atoms with Gasteiger partial charge in [-0.1, -0.05) is 11.6 Å². The van der Waals surface area contributed by atoms with Gasteiger partial charge in [-0.25, -0.2) is 13.1 Å². The highest BCUT2D eigenvalue weighted by Gasteiger charge is 2.15. The summed E-state index contributed by atoms with van der Waals surface area (Å²) < 4.78 is 25.8. The van der Waals surface area contributed by atoms with Crippen molar-refractivity contribution in [3.63, 3.8) is 0 Å². The van der Waals surface area contributed by atoms with Crippen molar-refractivity contribution in [2.24, 2.45) is 5.73 Å². The van der Waals surface area contributed by atoms with Crippen LogP contribution in [0, 0.1) is 6.92 Å². The summed E-state index contributed by atoms with van der Waals surface area (Å²) >= 11 is 5.74. The fraction of sp³-hybridized carbons (Fsp3) is 0.333. The van der Waals surface area contributed by atoms with Crippen molar-refractivity contribution in [3.05, 3.63) is 28.8 Å². The molecule has 0 heterocycles. The first-order valence-corrected chi connectivity index (χ1v) is 6.29. The Morgan fingerprint density at radius 2 is 2.06 bits per heavy atom. The molecule has 0 radical (unpaired) electrons. The summed E-state index contributed by atoms with van der Waals surface area (Å²) in [6.45, 7) is 2.19. The molecule has 1 aromatic rings. The van der Waals surface area contributed by atoms with Gasteiger partial charge < -0.3 is 5.73 Å². The van der Waals surface area contributed by atoms with Crippen molar-refractivity contribution in [2.75, 3.05) is 13.1 Å². The molecule has 0 aromatic heterocycles. The van der Waals surface area contributed by atoms with Crippen LogP contribution in [0.25, 0.3) is 0 Å². The first-order valence-electron chi connectivity index (χ1n) is 4.43. The third kappa shape index (κ3) is 3.92. The molecule has 16 heavy (non-hydrogen) atoms. The largest absolute Gasteiger partial charge is 0.329 e. The maximum absolute atomic E-state index is 11.7. The normalized spacial score (nSPS) is 10.9. The Kier molecular flexibility index (Phi) is 6.28. The molecule has 1 aromatic carbocycles. The summed E-state index contributed by atoms with van der Waals surface area (Å²) in [5.74, 6) is 0. The van der Waals surface area contributed by atoms with Gasteiger partial charge in [-0.3, -0.25) is 0 Å². The molecule has 0 saturated heterocycles. The number of hydrogen-bond acceptors (Lipinski definition) is 3. The number of aryl methyl sites for hydroxylation is 1. The molecular formula is C9H14Cl2N2O2S. The molecule has 0 fully saturated rings. The third-order valence-electron chi connectivity index (χ3n) is 1.86. The molecule has 0 amide bonds. The predicted octanol–water partition coefficient (Wildman–Crippen LogP) is 1.31. The lowest BCUT2D eigenvalue weighted by Crippen LogP contribution is -2.29. The molecule has 4 nitrogen and oxygen atoms in total. The van der Waals surface area contributed by atoms with E-state index >= 15 is 0 Å². The fourth-order valence-electron chi connectivity index (χ4n) is 1.19. The third-order valence-corrected chi connectivity index (χ3v) is 3.72. The molecule has 92 valence electrons. The average molecular weight is 285 g/mol. The Morgan fingerprint density at radius 3 is 2.56 bits per heavy atom. The maximum Gasteiger partial charge on any atom is 0.240 e. The van der Waals surface area contributed by atoms with Crippen LogP contribution in [0.5, 0.6) is 0 Å². The molecule has 0 aliphatic rings. The molecule has 0 bridgehead atoms. The van der Waals surface area contributed by atoms with Crippen LogP contribution in [0.2, 0.25) is 5.02 Å². The van der Waals surface area contributed by atoms with Crippen molar-refractivity contribution < 1.29 is 8.42 Å². The van der Waals surface area contributed by atoms with E-state index in [2.05, 4.69) is 4.72 Å². The standard InChI is InChI=1S/C9H13ClN2O2S.ClH/c1-7-6-8(10)2-3-9(7)15(13,14)12-5-4-11;/h2-3,6,12H,4-5,11H2,1H3;1H. The molecule has 3 N–H and O–H groups in total.